The van der Waals surface area contributed by atoms with Gasteiger partial charge in [0, 0.05) is 19.6 Å². The van der Waals surface area contributed by atoms with Crippen LogP contribution in [0.1, 0.15) is 6.42 Å². The van der Waals surface area contributed by atoms with E-state index in [1.54, 1.807) is 4.90 Å². The van der Waals surface area contributed by atoms with E-state index in [1.807, 2.05) is 7.05 Å². The SMILES string of the molecule is CNCC1CN(C(=O)C2CCS(=O)(=O)C2)CCO1. The van der Waals surface area contributed by atoms with Crippen molar-refractivity contribution in [3.8, 4) is 0 Å². The number of hydrogen-bond donors (Lipinski definition) is 1. The number of rotatable bonds is 3. The van der Waals surface area contributed by atoms with Gasteiger partial charge in [-0.15, -0.1) is 0 Å². The van der Waals surface area contributed by atoms with Crippen molar-refractivity contribution in [1.82, 2.24) is 10.2 Å². The molecule has 2 fully saturated rings. The fourth-order valence-corrected chi connectivity index (χ4v) is 4.25. The average Bonchev–Trinajstić information content (AvgIpc) is 2.70. The third-order valence-electron chi connectivity index (χ3n) is 3.46. The highest BCUT2D eigenvalue weighted by molar-refractivity contribution is 7.91. The van der Waals surface area contributed by atoms with Gasteiger partial charge >= 0.3 is 0 Å². The highest BCUT2D eigenvalue weighted by atomic mass is 32.2. The summed E-state index contributed by atoms with van der Waals surface area (Å²) in [6.45, 7) is 2.34. The Hall–Kier alpha value is -0.660. The van der Waals surface area contributed by atoms with E-state index in [0.29, 0.717) is 32.7 Å². The molecule has 6 nitrogen and oxygen atoms in total. The topological polar surface area (TPSA) is 75.7 Å². The second kappa shape index (κ2) is 5.54. The van der Waals surface area contributed by atoms with Crippen molar-refractivity contribution in [3.63, 3.8) is 0 Å². The summed E-state index contributed by atoms with van der Waals surface area (Å²) in [6.07, 6.45) is 0.473. The van der Waals surface area contributed by atoms with Crippen LogP contribution in [0.25, 0.3) is 0 Å². The molecule has 7 heteroatoms. The molecule has 0 aromatic carbocycles. The molecule has 2 rings (SSSR count). The second-order valence-corrected chi connectivity index (χ2v) is 7.16. The lowest BCUT2D eigenvalue weighted by Gasteiger charge is -2.34. The van der Waals surface area contributed by atoms with Gasteiger partial charge in [-0.1, -0.05) is 0 Å². The van der Waals surface area contributed by atoms with Crippen LogP contribution >= 0.6 is 0 Å². The lowest BCUT2D eigenvalue weighted by Crippen LogP contribution is -2.50. The first kappa shape index (κ1) is 13.8. The third-order valence-corrected chi connectivity index (χ3v) is 5.23. The van der Waals surface area contributed by atoms with E-state index in [1.165, 1.54) is 0 Å². The van der Waals surface area contributed by atoms with Crippen LogP contribution in [-0.2, 0) is 19.4 Å². The Labute approximate surface area is 108 Å². The number of nitrogens with one attached hydrogen (secondary N) is 1. The van der Waals surface area contributed by atoms with Crippen LogP contribution in [0, 0.1) is 5.92 Å². The first-order valence-electron chi connectivity index (χ1n) is 6.27. The lowest BCUT2D eigenvalue weighted by molar-refractivity contribution is -0.142. The average molecular weight is 276 g/mol. The van der Waals surface area contributed by atoms with Crippen molar-refractivity contribution in [2.75, 3.05) is 44.8 Å². The summed E-state index contributed by atoms with van der Waals surface area (Å²) < 4.78 is 28.3. The van der Waals surface area contributed by atoms with E-state index in [-0.39, 0.29) is 29.4 Å². The predicted molar refractivity (Wildman–Crippen MR) is 67.0 cm³/mol. The van der Waals surface area contributed by atoms with E-state index in [9.17, 15) is 13.2 Å². The van der Waals surface area contributed by atoms with Gasteiger partial charge in [0.2, 0.25) is 5.91 Å². The van der Waals surface area contributed by atoms with Gasteiger partial charge < -0.3 is 15.0 Å². The van der Waals surface area contributed by atoms with Crippen LogP contribution in [-0.4, -0.2) is 70.1 Å². The van der Waals surface area contributed by atoms with E-state index in [4.69, 9.17) is 4.74 Å². The Morgan fingerprint density at radius 2 is 2.28 bits per heavy atom. The molecule has 0 radical (unpaired) electrons. The van der Waals surface area contributed by atoms with Gasteiger partial charge in [-0.05, 0) is 13.5 Å². The summed E-state index contributed by atoms with van der Waals surface area (Å²) in [5.41, 5.74) is 0. The van der Waals surface area contributed by atoms with Crippen molar-refractivity contribution in [1.29, 1.82) is 0 Å². The third kappa shape index (κ3) is 3.21. The molecule has 1 amide bonds. The van der Waals surface area contributed by atoms with Crippen molar-refractivity contribution in [2.45, 2.75) is 12.5 Å². The van der Waals surface area contributed by atoms with E-state index < -0.39 is 9.84 Å². The van der Waals surface area contributed by atoms with Crippen molar-refractivity contribution < 1.29 is 17.9 Å². The molecular formula is C11H20N2O4S. The molecule has 18 heavy (non-hydrogen) atoms. The number of nitrogens with zero attached hydrogens (tertiary/aromatic N) is 1. The minimum Gasteiger partial charge on any atom is -0.373 e. The summed E-state index contributed by atoms with van der Waals surface area (Å²) in [5.74, 6) is -0.211. The van der Waals surface area contributed by atoms with Crippen LogP contribution in [0.5, 0.6) is 0 Å². The molecule has 0 aliphatic carbocycles. The minimum absolute atomic E-state index is 0.00529. The Morgan fingerprint density at radius 3 is 2.89 bits per heavy atom. The zero-order chi connectivity index (χ0) is 13.2. The zero-order valence-electron chi connectivity index (χ0n) is 10.6. The second-order valence-electron chi connectivity index (χ2n) is 4.93. The fraction of sp³-hybridized carbons (Fsp3) is 0.909. The van der Waals surface area contributed by atoms with Gasteiger partial charge in [0.25, 0.3) is 0 Å². The number of amides is 1. The number of ether oxygens (including phenoxy) is 1. The molecule has 2 saturated heterocycles. The van der Waals surface area contributed by atoms with Crippen LogP contribution < -0.4 is 5.32 Å². The summed E-state index contributed by atoms with van der Waals surface area (Å²) >= 11 is 0. The van der Waals surface area contributed by atoms with Crippen LogP contribution in [0.3, 0.4) is 0 Å². The first-order chi connectivity index (χ1) is 8.52. The number of carbonyl (C=O) groups is 1. The van der Waals surface area contributed by atoms with Crippen molar-refractivity contribution >= 4 is 15.7 Å². The smallest absolute Gasteiger partial charge is 0.226 e. The zero-order valence-corrected chi connectivity index (χ0v) is 11.4. The first-order valence-corrected chi connectivity index (χ1v) is 8.09. The number of sulfone groups is 1. The monoisotopic (exact) mass is 276 g/mol. The molecule has 2 heterocycles. The maximum atomic E-state index is 12.2. The van der Waals surface area contributed by atoms with E-state index in [0.717, 1.165) is 0 Å². The molecule has 104 valence electrons. The maximum absolute atomic E-state index is 12.2. The molecule has 0 saturated carbocycles. The van der Waals surface area contributed by atoms with Crippen molar-refractivity contribution in [2.24, 2.45) is 5.92 Å². The van der Waals surface area contributed by atoms with Gasteiger partial charge in [-0.25, -0.2) is 8.42 Å². The van der Waals surface area contributed by atoms with Crippen LogP contribution in [0.4, 0.5) is 0 Å². The molecule has 0 bridgehead atoms. The van der Waals surface area contributed by atoms with Gasteiger partial charge in [-0.2, -0.15) is 0 Å². The largest absolute Gasteiger partial charge is 0.373 e. The Balaban J connectivity index is 1.93. The summed E-state index contributed by atoms with van der Waals surface area (Å²) in [6, 6.07) is 0. The Kier molecular flexibility index (Phi) is 4.24. The fourth-order valence-electron chi connectivity index (χ4n) is 2.52. The van der Waals surface area contributed by atoms with Crippen LogP contribution in [0.2, 0.25) is 0 Å². The molecule has 0 spiro atoms. The Bertz CT molecular complexity index is 407. The normalized spacial score (nSPS) is 31.5. The standard InChI is InChI=1S/C11H20N2O4S/c1-12-6-10-7-13(3-4-17-10)11(14)9-2-5-18(15,16)8-9/h9-10,12H,2-8H2,1H3. The summed E-state index contributed by atoms with van der Waals surface area (Å²) in [5, 5.41) is 3.02. The highest BCUT2D eigenvalue weighted by Crippen LogP contribution is 2.21. The van der Waals surface area contributed by atoms with Gasteiger partial charge in [0.1, 0.15) is 0 Å². The van der Waals surface area contributed by atoms with Crippen LogP contribution in [0.15, 0.2) is 0 Å². The molecule has 0 aromatic rings. The van der Waals surface area contributed by atoms with Gasteiger partial charge in [-0.3, -0.25) is 4.79 Å². The maximum Gasteiger partial charge on any atom is 0.226 e. The summed E-state index contributed by atoms with van der Waals surface area (Å²) in [7, 11) is -1.15. The number of hydrogen-bond acceptors (Lipinski definition) is 5. The number of carbonyl (C=O) groups excluding carboxylic acids is 1. The van der Waals surface area contributed by atoms with E-state index >= 15 is 0 Å². The molecule has 2 atom stereocenters. The minimum atomic E-state index is -2.99. The molecule has 2 aliphatic heterocycles. The Morgan fingerprint density at radius 1 is 1.50 bits per heavy atom. The lowest BCUT2D eigenvalue weighted by atomic mass is 10.1. The number of likely N-dealkylation sites (N-methyl/N-ethyl adjacent to an activating group) is 1. The summed E-state index contributed by atoms with van der Waals surface area (Å²) in [4.78, 5) is 14.0. The molecular weight excluding hydrogens is 256 g/mol. The van der Waals surface area contributed by atoms with Gasteiger partial charge in [0.05, 0.1) is 30.1 Å². The number of morpholine rings is 1. The van der Waals surface area contributed by atoms with Gasteiger partial charge in [0.15, 0.2) is 9.84 Å². The quantitative estimate of drug-likeness (QED) is 0.706. The molecule has 1 N–H and O–H groups in total. The van der Waals surface area contributed by atoms with Crippen molar-refractivity contribution in [3.05, 3.63) is 0 Å². The molecule has 0 aromatic heterocycles. The predicted octanol–water partition coefficient (Wildman–Crippen LogP) is -1.13. The highest BCUT2D eigenvalue weighted by Gasteiger charge is 2.36. The molecule has 2 unspecified atom stereocenters. The molecule has 2 aliphatic rings. The van der Waals surface area contributed by atoms with E-state index in [2.05, 4.69) is 5.32 Å².